The summed E-state index contributed by atoms with van der Waals surface area (Å²) in [7, 11) is 1.64. The number of carboxylic acids is 1. The summed E-state index contributed by atoms with van der Waals surface area (Å²) in [4.78, 5) is 30.8. The third-order valence-electron chi connectivity index (χ3n) is 3.23. The lowest BCUT2D eigenvalue weighted by atomic mass is 10.2. The van der Waals surface area contributed by atoms with Crippen LogP contribution in [-0.2, 0) is 4.79 Å². The summed E-state index contributed by atoms with van der Waals surface area (Å²) in [6, 6.07) is 8.33. The van der Waals surface area contributed by atoms with Crippen molar-refractivity contribution in [3.8, 4) is 0 Å². The molecule has 8 heteroatoms. The van der Waals surface area contributed by atoms with Crippen LogP contribution in [0.25, 0.3) is 6.08 Å². The number of rotatable bonds is 3. The van der Waals surface area contributed by atoms with Gasteiger partial charge in [-0.1, -0.05) is 17.7 Å². The molecular formula is C16H11ClN2O3S2. The molecule has 1 aliphatic rings. The highest BCUT2D eigenvalue weighted by molar-refractivity contribution is 8.18. The Morgan fingerprint density at radius 1 is 1.38 bits per heavy atom. The number of halogens is 1. The summed E-state index contributed by atoms with van der Waals surface area (Å²) >= 11 is 8.65. The number of hydrogen-bond acceptors (Lipinski definition) is 5. The second-order valence-electron chi connectivity index (χ2n) is 4.85. The molecule has 0 saturated carbocycles. The van der Waals surface area contributed by atoms with Crippen LogP contribution in [-0.4, -0.2) is 34.1 Å². The van der Waals surface area contributed by atoms with Gasteiger partial charge in [0.15, 0.2) is 5.17 Å². The van der Waals surface area contributed by atoms with Gasteiger partial charge in [0.2, 0.25) is 0 Å². The molecule has 0 radical (unpaired) electrons. The molecule has 1 amide bonds. The number of carbonyl (C=O) groups excluding carboxylic acids is 1. The van der Waals surface area contributed by atoms with Gasteiger partial charge >= 0.3 is 5.97 Å². The first-order valence-corrected chi connectivity index (χ1v) is 8.86. The number of amidine groups is 1. The van der Waals surface area contributed by atoms with E-state index in [0.717, 1.165) is 4.88 Å². The standard InChI is InChI=1S/C16H11ClN2O3S2/c1-19-14(20)13(8-10-3-2-6-23-10)24-16(19)18-9-4-5-12(17)11(7-9)15(21)22/h2-8H,1H3,(H,21,22)/b13-8+,18-16?. The lowest BCUT2D eigenvalue weighted by molar-refractivity contribution is -0.121. The largest absolute Gasteiger partial charge is 0.478 e. The van der Waals surface area contributed by atoms with Gasteiger partial charge in [-0.2, -0.15) is 0 Å². The van der Waals surface area contributed by atoms with Crippen molar-refractivity contribution in [3.63, 3.8) is 0 Å². The molecule has 2 aromatic rings. The maximum absolute atomic E-state index is 12.3. The van der Waals surface area contributed by atoms with Crippen molar-refractivity contribution >= 4 is 63.5 Å². The van der Waals surface area contributed by atoms with E-state index in [9.17, 15) is 9.59 Å². The van der Waals surface area contributed by atoms with Gasteiger partial charge in [-0.25, -0.2) is 9.79 Å². The van der Waals surface area contributed by atoms with Crippen LogP contribution in [0, 0.1) is 0 Å². The van der Waals surface area contributed by atoms with E-state index in [1.165, 1.54) is 28.8 Å². The molecule has 1 fully saturated rings. The van der Waals surface area contributed by atoms with E-state index < -0.39 is 5.97 Å². The Balaban J connectivity index is 1.92. The van der Waals surface area contributed by atoms with Crippen molar-refractivity contribution in [2.24, 2.45) is 4.99 Å². The summed E-state index contributed by atoms with van der Waals surface area (Å²) in [6.07, 6.45) is 1.82. The minimum absolute atomic E-state index is 0.0233. The Kier molecular flexibility index (Phi) is 4.75. The summed E-state index contributed by atoms with van der Waals surface area (Å²) < 4.78 is 0. The predicted molar refractivity (Wildman–Crippen MR) is 98.2 cm³/mol. The second kappa shape index (κ2) is 6.80. The number of thioether (sulfide) groups is 1. The highest BCUT2D eigenvalue weighted by Gasteiger charge is 2.30. The first-order chi connectivity index (χ1) is 11.5. The fraction of sp³-hybridized carbons (Fsp3) is 0.0625. The number of nitrogens with zero attached hydrogens (tertiary/aromatic N) is 2. The van der Waals surface area contributed by atoms with Crippen LogP contribution < -0.4 is 0 Å². The minimum Gasteiger partial charge on any atom is -0.478 e. The molecule has 0 atom stereocenters. The van der Waals surface area contributed by atoms with Crippen LogP contribution in [0.2, 0.25) is 5.02 Å². The average Bonchev–Trinajstić information content (AvgIpc) is 3.14. The molecule has 2 heterocycles. The van der Waals surface area contributed by atoms with Gasteiger partial charge in [-0.05, 0) is 47.5 Å². The van der Waals surface area contributed by atoms with Crippen LogP contribution in [0.15, 0.2) is 45.6 Å². The van der Waals surface area contributed by atoms with E-state index in [2.05, 4.69) is 4.99 Å². The maximum atomic E-state index is 12.3. The van der Waals surface area contributed by atoms with Crippen LogP contribution in [0.1, 0.15) is 15.2 Å². The molecule has 5 nitrogen and oxygen atoms in total. The SMILES string of the molecule is CN1C(=O)/C(=C\c2cccs2)SC1=Nc1ccc(Cl)c(C(=O)O)c1. The number of hydrogen-bond donors (Lipinski definition) is 1. The van der Waals surface area contributed by atoms with Crippen molar-refractivity contribution in [1.82, 2.24) is 4.90 Å². The predicted octanol–water partition coefficient (Wildman–Crippen LogP) is 4.33. The van der Waals surface area contributed by atoms with Gasteiger partial charge in [0.05, 0.1) is 21.2 Å². The minimum atomic E-state index is -1.12. The number of likely N-dealkylation sites (N-methyl/N-ethyl adjacent to an activating group) is 1. The zero-order valence-electron chi connectivity index (χ0n) is 12.4. The smallest absolute Gasteiger partial charge is 0.337 e. The highest BCUT2D eigenvalue weighted by atomic mass is 35.5. The van der Waals surface area contributed by atoms with Gasteiger partial charge in [0, 0.05) is 11.9 Å². The number of amides is 1. The van der Waals surface area contributed by atoms with Crippen molar-refractivity contribution in [1.29, 1.82) is 0 Å². The van der Waals surface area contributed by atoms with Crippen LogP contribution in [0.5, 0.6) is 0 Å². The van der Waals surface area contributed by atoms with Crippen molar-refractivity contribution in [2.45, 2.75) is 0 Å². The molecule has 0 bridgehead atoms. The van der Waals surface area contributed by atoms with Gasteiger partial charge in [-0.15, -0.1) is 11.3 Å². The molecule has 1 aliphatic heterocycles. The molecule has 3 rings (SSSR count). The molecule has 1 aromatic heterocycles. The molecule has 1 N–H and O–H groups in total. The third-order valence-corrected chi connectivity index (χ3v) is 5.43. The second-order valence-corrected chi connectivity index (χ2v) is 7.25. The Morgan fingerprint density at radius 3 is 2.83 bits per heavy atom. The van der Waals surface area contributed by atoms with Crippen molar-refractivity contribution < 1.29 is 14.7 Å². The molecule has 0 unspecified atom stereocenters. The molecule has 0 aliphatic carbocycles. The Labute approximate surface area is 151 Å². The van der Waals surface area contributed by atoms with E-state index in [1.807, 2.05) is 23.6 Å². The Hall–Kier alpha value is -2.09. The monoisotopic (exact) mass is 378 g/mol. The van der Waals surface area contributed by atoms with Crippen LogP contribution in [0.3, 0.4) is 0 Å². The molecule has 1 saturated heterocycles. The number of benzene rings is 1. The maximum Gasteiger partial charge on any atom is 0.337 e. The summed E-state index contributed by atoms with van der Waals surface area (Å²) in [5, 5.41) is 11.7. The fourth-order valence-corrected chi connectivity index (χ4v) is 3.92. The number of carboxylic acid groups (broad SMARTS) is 1. The van der Waals surface area contributed by atoms with E-state index in [1.54, 1.807) is 24.5 Å². The highest BCUT2D eigenvalue weighted by Crippen LogP contribution is 2.34. The Morgan fingerprint density at radius 2 is 2.17 bits per heavy atom. The van der Waals surface area contributed by atoms with Gasteiger partial charge in [-0.3, -0.25) is 9.69 Å². The lowest BCUT2D eigenvalue weighted by Crippen LogP contribution is -2.23. The Bertz CT molecular complexity index is 875. The van der Waals surface area contributed by atoms with Crippen molar-refractivity contribution in [2.75, 3.05) is 7.05 Å². The summed E-state index contributed by atoms with van der Waals surface area (Å²) in [6.45, 7) is 0. The van der Waals surface area contributed by atoms with Crippen LogP contribution in [0.4, 0.5) is 5.69 Å². The summed E-state index contributed by atoms with van der Waals surface area (Å²) in [5.74, 6) is -1.26. The van der Waals surface area contributed by atoms with Crippen LogP contribution >= 0.6 is 34.7 Å². The van der Waals surface area contributed by atoms with Gasteiger partial charge < -0.3 is 5.11 Å². The topological polar surface area (TPSA) is 70.0 Å². The lowest BCUT2D eigenvalue weighted by Gasteiger charge is -2.07. The number of aliphatic imine (C=N–C) groups is 1. The van der Waals surface area contributed by atoms with E-state index in [-0.39, 0.29) is 16.5 Å². The van der Waals surface area contributed by atoms with Crippen molar-refractivity contribution in [3.05, 3.63) is 56.1 Å². The first kappa shape index (κ1) is 16.8. The molecule has 24 heavy (non-hydrogen) atoms. The number of aromatic carboxylic acids is 1. The molecule has 0 spiro atoms. The fourth-order valence-electron chi connectivity index (χ4n) is 2.01. The van der Waals surface area contributed by atoms with Gasteiger partial charge in [0.1, 0.15) is 0 Å². The number of thiophene rings is 1. The average molecular weight is 379 g/mol. The van der Waals surface area contributed by atoms with E-state index in [4.69, 9.17) is 16.7 Å². The molecule has 1 aromatic carbocycles. The summed E-state index contributed by atoms with van der Waals surface area (Å²) in [5.41, 5.74) is 0.404. The zero-order valence-corrected chi connectivity index (χ0v) is 14.8. The van der Waals surface area contributed by atoms with E-state index in [0.29, 0.717) is 15.8 Å². The first-order valence-electron chi connectivity index (χ1n) is 6.78. The molecule has 122 valence electrons. The normalized spacial score (nSPS) is 17.9. The zero-order chi connectivity index (χ0) is 17.3. The van der Waals surface area contributed by atoms with Gasteiger partial charge in [0.25, 0.3) is 5.91 Å². The third kappa shape index (κ3) is 3.38. The quantitative estimate of drug-likeness (QED) is 0.807. The molecular weight excluding hydrogens is 368 g/mol. The number of carbonyl (C=O) groups is 2. The van der Waals surface area contributed by atoms with E-state index >= 15 is 0 Å².